The molecule has 0 bridgehead atoms. The first kappa shape index (κ1) is 20.8. The smallest absolute Gasteiger partial charge is 0.501 e. The SMILES string of the molecule is C[N+](C)(C)CC1(OB(Oc2ccccc2)Oc2ccccc2)CCCCCC1. The molecule has 0 aliphatic heterocycles. The number of benzene rings is 2. The molecule has 0 spiro atoms. The van der Waals surface area contributed by atoms with Crippen LogP contribution in [0.5, 0.6) is 11.5 Å². The summed E-state index contributed by atoms with van der Waals surface area (Å²) in [6.45, 7) is 0.930. The van der Waals surface area contributed by atoms with Crippen molar-refractivity contribution in [2.75, 3.05) is 27.7 Å². The fourth-order valence-electron chi connectivity index (χ4n) is 4.05. The van der Waals surface area contributed by atoms with Gasteiger partial charge in [-0.15, -0.1) is 0 Å². The predicted molar refractivity (Wildman–Crippen MR) is 114 cm³/mol. The Kier molecular flexibility index (Phi) is 7.03. The molecule has 2 aromatic carbocycles. The summed E-state index contributed by atoms with van der Waals surface area (Å²) in [5, 5.41) is 0. The molecule has 0 saturated heterocycles. The van der Waals surface area contributed by atoms with Crippen LogP contribution in [0.2, 0.25) is 0 Å². The van der Waals surface area contributed by atoms with E-state index in [4.69, 9.17) is 14.0 Å². The Balaban J connectivity index is 1.83. The molecular formula is C23H33BNO3+. The van der Waals surface area contributed by atoms with Crippen LogP contribution in [-0.4, -0.2) is 45.1 Å². The van der Waals surface area contributed by atoms with E-state index >= 15 is 0 Å². The fourth-order valence-corrected chi connectivity index (χ4v) is 4.05. The number of hydrogen-bond donors (Lipinski definition) is 0. The highest BCUT2D eigenvalue weighted by molar-refractivity contribution is 6.38. The average Bonchev–Trinajstić information content (AvgIpc) is 2.87. The fraction of sp³-hybridized carbons (Fsp3) is 0.478. The molecule has 150 valence electrons. The lowest BCUT2D eigenvalue weighted by Crippen LogP contribution is -2.54. The predicted octanol–water partition coefficient (Wildman–Crippen LogP) is 4.95. The van der Waals surface area contributed by atoms with Crippen LogP contribution >= 0.6 is 0 Å². The van der Waals surface area contributed by atoms with Crippen LogP contribution in [0.25, 0.3) is 0 Å². The summed E-state index contributed by atoms with van der Waals surface area (Å²) in [5.41, 5.74) is -0.247. The van der Waals surface area contributed by atoms with E-state index in [1.54, 1.807) is 0 Å². The first-order chi connectivity index (χ1) is 13.4. The van der Waals surface area contributed by atoms with Gasteiger partial charge in [-0.05, 0) is 37.1 Å². The van der Waals surface area contributed by atoms with Gasteiger partial charge in [-0.3, -0.25) is 0 Å². The molecule has 5 heteroatoms. The molecule has 0 aromatic heterocycles. The lowest BCUT2D eigenvalue weighted by Gasteiger charge is -2.39. The minimum absolute atomic E-state index is 0.247. The minimum Gasteiger partial charge on any atom is -0.501 e. The van der Waals surface area contributed by atoms with Crippen LogP contribution in [0.3, 0.4) is 0 Å². The van der Waals surface area contributed by atoms with Crippen molar-refractivity contribution in [3.63, 3.8) is 0 Å². The maximum Gasteiger partial charge on any atom is 0.788 e. The second kappa shape index (κ2) is 9.48. The standard InChI is InChI=1S/C23H33BNO3/c1-25(2,3)20-23(18-12-4-5-13-19-23)28-24(26-21-14-8-6-9-15-21)27-22-16-10-7-11-17-22/h6-11,14-17H,4-5,12-13,18-20H2,1-3H3/q+1. The Morgan fingerprint density at radius 3 is 1.64 bits per heavy atom. The highest BCUT2D eigenvalue weighted by Gasteiger charge is 2.44. The zero-order valence-electron chi connectivity index (χ0n) is 17.5. The lowest BCUT2D eigenvalue weighted by atomic mass is 9.91. The van der Waals surface area contributed by atoms with Gasteiger partial charge < -0.3 is 18.4 Å². The summed E-state index contributed by atoms with van der Waals surface area (Å²) in [4.78, 5) is 0. The Labute approximate surface area is 170 Å². The number of para-hydroxylation sites is 2. The maximum absolute atomic E-state index is 6.68. The number of likely N-dealkylation sites (N-methyl/N-ethyl adjacent to an activating group) is 1. The molecule has 28 heavy (non-hydrogen) atoms. The Bertz CT molecular complexity index is 653. The zero-order valence-corrected chi connectivity index (χ0v) is 17.5. The van der Waals surface area contributed by atoms with Gasteiger partial charge in [-0.2, -0.15) is 0 Å². The summed E-state index contributed by atoms with van der Waals surface area (Å²) < 4.78 is 19.8. The van der Waals surface area contributed by atoms with Crippen molar-refractivity contribution in [1.82, 2.24) is 0 Å². The van der Waals surface area contributed by atoms with Gasteiger partial charge in [0.15, 0.2) is 0 Å². The van der Waals surface area contributed by atoms with Crippen molar-refractivity contribution >= 4 is 7.32 Å². The van der Waals surface area contributed by atoms with E-state index in [2.05, 4.69) is 21.1 Å². The van der Waals surface area contributed by atoms with Crippen molar-refractivity contribution in [1.29, 1.82) is 0 Å². The van der Waals surface area contributed by atoms with E-state index < -0.39 is 7.32 Å². The van der Waals surface area contributed by atoms with Gasteiger partial charge >= 0.3 is 7.32 Å². The Morgan fingerprint density at radius 2 is 1.21 bits per heavy atom. The monoisotopic (exact) mass is 382 g/mol. The number of rotatable bonds is 8. The van der Waals surface area contributed by atoms with Gasteiger partial charge in [-0.1, -0.05) is 62.1 Å². The molecule has 0 N–H and O–H groups in total. The van der Waals surface area contributed by atoms with Gasteiger partial charge in [0, 0.05) is 0 Å². The van der Waals surface area contributed by atoms with E-state index in [0.717, 1.165) is 35.4 Å². The van der Waals surface area contributed by atoms with Crippen LogP contribution in [0.1, 0.15) is 38.5 Å². The second-order valence-corrected chi connectivity index (χ2v) is 8.81. The van der Waals surface area contributed by atoms with Crippen molar-refractivity contribution in [3.05, 3.63) is 60.7 Å². The molecule has 4 nitrogen and oxygen atoms in total. The number of quaternary nitrogens is 1. The summed E-state index contributed by atoms with van der Waals surface area (Å²) in [7, 11) is 5.89. The molecule has 2 aromatic rings. The number of hydrogen-bond acceptors (Lipinski definition) is 3. The summed E-state index contributed by atoms with van der Waals surface area (Å²) >= 11 is 0. The molecular weight excluding hydrogens is 349 g/mol. The molecule has 0 unspecified atom stereocenters. The zero-order chi connectivity index (χ0) is 19.9. The van der Waals surface area contributed by atoms with Crippen LogP contribution in [0, 0.1) is 0 Å². The third kappa shape index (κ3) is 6.57. The number of nitrogens with zero attached hydrogens (tertiary/aromatic N) is 1. The quantitative estimate of drug-likeness (QED) is 0.368. The molecule has 1 aliphatic rings. The van der Waals surface area contributed by atoms with Crippen LogP contribution in [-0.2, 0) is 4.65 Å². The average molecular weight is 382 g/mol. The van der Waals surface area contributed by atoms with Crippen LogP contribution in [0.4, 0.5) is 0 Å². The van der Waals surface area contributed by atoms with Gasteiger partial charge in [0.2, 0.25) is 0 Å². The van der Waals surface area contributed by atoms with Gasteiger partial charge in [0.1, 0.15) is 23.6 Å². The molecule has 0 amide bonds. The first-order valence-corrected chi connectivity index (χ1v) is 10.4. The van der Waals surface area contributed by atoms with Crippen LogP contribution < -0.4 is 9.31 Å². The minimum atomic E-state index is -0.783. The molecule has 1 saturated carbocycles. The molecule has 0 radical (unpaired) electrons. The molecule has 1 aliphatic carbocycles. The van der Waals surface area contributed by atoms with E-state index in [1.165, 1.54) is 25.7 Å². The van der Waals surface area contributed by atoms with Crippen molar-refractivity contribution in [2.24, 2.45) is 0 Å². The van der Waals surface area contributed by atoms with Crippen molar-refractivity contribution in [3.8, 4) is 11.5 Å². The van der Waals surface area contributed by atoms with Crippen molar-refractivity contribution < 1.29 is 18.4 Å². The molecule has 0 atom stereocenters. The molecule has 0 heterocycles. The summed E-state index contributed by atoms with van der Waals surface area (Å²) in [6.07, 6.45) is 6.98. The van der Waals surface area contributed by atoms with E-state index in [1.807, 2.05) is 60.7 Å². The topological polar surface area (TPSA) is 27.7 Å². The van der Waals surface area contributed by atoms with Crippen LogP contribution in [0.15, 0.2) is 60.7 Å². The lowest BCUT2D eigenvalue weighted by molar-refractivity contribution is -0.876. The highest BCUT2D eigenvalue weighted by Crippen LogP contribution is 2.33. The van der Waals surface area contributed by atoms with Gasteiger partial charge in [-0.25, -0.2) is 0 Å². The normalized spacial score (nSPS) is 16.8. The van der Waals surface area contributed by atoms with Crippen molar-refractivity contribution in [2.45, 2.75) is 44.1 Å². The third-order valence-corrected chi connectivity index (χ3v) is 5.07. The summed E-state index contributed by atoms with van der Waals surface area (Å²) in [6, 6.07) is 19.5. The van der Waals surface area contributed by atoms with E-state index in [0.29, 0.717) is 0 Å². The second-order valence-electron chi connectivity index (χ2n) is 8.81. The van der Waals surface area contributed by atoms with E-state index in [-0.39, 0.29) is 5.60 Å². The summed E-state index contributed by atoms with van der Waals surface area (Å²) in [5.74, 6) is 1.50. The van der Waals surface area contributed by atoms with Gasteiger partial charge in [0.25, 0.3) is 0 Å². The van der Waals surface area contributed by atoms with Gasteiger partial charge in [0.05, 0.1) is 21.1 Å². The maximum atomic E-state index is 6.68. The molecule has 3 rings (SSSR count). The first-order valence-electron chi connectivity index (χ1n) is 10.4. The third-order valence-electron chi connectivity index (χ3n) is 5.07. The highest BCUT2D eigenvalue weighted by atomic mass is 16.7. The Hall–Kier alpha value is -1.98. The van der Waals surface area contributed by atoms with E-state index in [9.17, 15) is 0 Å². The molecule has 1 fully saturated rings. The Morgan fingerprint density at radius 1 is 0.750 bits per heavy atom. The largest absolute Gasteiger partial charge is 0.788 e.